The van der Waals surface area contributed by atoms with E-state index in [0.717, 1.165) is 6.07 Å². The molecule has 0 spiro atoms. The number of rotatable bonds is 4. The second-order valence-electron chi connectivity index (χ2n) is 3.83. The first-order valence-corrected chi connectivity index (χ1v) is 5.45. The third-order valence-electron chi connectivity index (χ3n) is 2.34. The van der Waals surface area contributed by atoms with Crippen LogP contribution >= 0.6 is 0 Å². The number of H-pyrrole nitrogens is 1. The predicted octanol–water partition coefficient (Wildman–Crippen LogP) is 0.638. The minimum absolute atomic E-state index is 0.0112. The number of amides is 1. The lowest BCUT2D eigenvalue weighted by Gasteiger charge is -2.04. The first-order chi connectivity index (χ1) is 9.04. The zero-order chi connectivity index (χ0) is 13.8. The number of nitrogens with two attached hydrogens (primary N) is 1. The molecule has 2 rings (SSSR count). The fraction of sp³-hybridized carbons (Fsp3) is 0.182. The second-order valence-corrected chi connectivity index (χ2v) is 3.83. The van der Waals surface area contributed by atoms with Crippen LogP contribution in [0.3, 0.4) is 0 Å². The molecule has 8 heteroatoms. The van der Waals surface area contributed by atoms with Gasteiger partial charge < -0.3 is 11.1 Å². The lowest BCUT2D eigenvalue weighted by Crippen LogP contribution is -2.26. The predicted molar refractivity (Wildman–Crippen MR) is 63.2 cm³/mol. The Hall–Kier alpha value is -2.51. The summed E-state index contributed by atoms with van der Waals surface area (Å²) in [5, 5.41) is 8.39. The van der Waals surface area contributed by atoms with Gasteiger partial charge in [-0.15, -0.1) is 5.10 Å². The largest absolute Gasteiger partial charge is 0.366 e. The van der Waals surface area contributed by atoms with Gasteiger partial charge in [-0.2, -0.15) is 4.98 Å². The highest BCUT2D eigenvalue weighted by Gasteiger charge is 2.09. The van der Waals surface area contributed by atoms with E-state index in [1.54, 1.807) is 0 Å². The van der Waals surface area contributed by atoms with Crippen molar-refractivity contribution < 1.29 is 13.6 Å². The van der Waals surface area contributed by atoms with Crippen molar-refractivity contribution in [2.45, 2.75) is 6.42 Å². The zero-order valence-corrected chi connectivity index (χ0v) is 9.78. The summed E-state index contributed by atoms with van der Waals surface area (Å²) in [6, 6.07) is 3.21. The van der Waals surface area contributed by atoms with Crippen LogP contribution in [0.2, 0.25) is 0 Å². The molecule has 0 fully saturated rings. The van der Waals surface area contributed by atoms with Crippen LogP contribution in [0, 0.1) is 11.6 Å². The van der Waals surface area contributed by atoms with Crippen molar-refractivity contribution in [1.82, 2.24) is 20.5 Å². The Balaban J connectivity index is 1.88. The molecule has 0 saturated heterocycles. The van der Waals surface area contributed by atoms with Crippen molar-refractivity contribution in [3.63, 3.8) is 0 Å². The minimum Gasteiger partial charge on any atom is -0.366 e. The molecule has 0 aliphatic rings. The Morgan fingerprint density at radius 1 is 1.32 bits per heavy atom. The Bertz CT molecular complexity index is 578. The topological polar surface area (TPSA) is 96.7 Å². The van der Waals surface area contributed by atoms with E-state index in [0.29, 0.717) is 12.0 Å². The van der Waals surface area contributed by atoms with Gasteiger partial charge in [0, 0.05) is 12.6 Å². The van der Waals surface area contributed by atoms with E-state index in [-0.39, 0.29) is 18.3 Å². The molecule has 1 heterocycles. The molecule has 100 valence electrons. The third kappa shape index (κ3) is 3.47. The number of nitrogen functional groups attached to an aromatic ring is 1. The van der Waals surface area contributed by atoms with E-state index < -0.39 is 17.5 Å². The summed E-state index contributed by atoms with van der Waals surface area (Å²) in [5.74, 6) is -1.82. The molecule has 19 heavy (non-hydrogen) atoms. The van der Waals surface area contributed by atoms with Gasteiger partial charge in [-0.05, 0) is 24.1 Å². The number of anilines is 1. The van der Waals surface area contributed by atoms with Crippen molar-refractivity contribution in [1.29, 1.82) is 0 Å². The van der Waals surface area contributed by atoms with Crippen LogP contribution < -0.4 is 11.1 Å². The van der Waals surface area contributed by atoms with E-state index >= 15 is 0 Å². The Morgan fingerprint density at radius 2 is 2.00 bits per heavy atom. The Morgan fingerprint density at radius 3 is 2.58 bits per heavy atom. The smallest absolute Gasteiger partial charge is 0.288 e. The maximum absolute atomic E-state index is 12.9. The van der Waals surface area contributed by atoms with Gasteiger partial charge in [0.2, 0.25) is 11.8 Å². The number of carbonyl (C=O) groups excluding carboxylic acids is 1. The average Bonchev–Trinajstić information content (AvgIpc) is 2.74. The van der Waals surface area contributed by atoms with Crippen molar-refractivity contribution in [3.8, 4) is 0 Å². The molecule has 1 aromatic carbocycles. The van der Waals surface area contributed by atoms with Crippen LogP contribution in [0.5, 0.6) is 0 Å². The molecule has 0 aliphatic heterocycles. The first-order valence-electron chi connectivity index (χ1n) is 5.45. The lowest BCUT2D eigenvalue weighted by molar-refractivity contribution is 0.0944. The summed E-state index contributed by atoms with van der Waals surface area (Å²) >= 11 is 0. The number of benzene rings is 1. The number of halogens is 2. The molecule has 0 bridgehead atoms. The van der Waals surface area contributed by atoms with Crippen molar-refractivity contribution in [3.05, 3.63) is 41.2 Å². The van der Waals surface area contributed by atoms with Crippen LogP contribution in [0.1, 0.15) is 16.2 Å². The summed E-state index contributed by atoms with van der Waals surface area (Å²) < 4.78 is 25.8. The average molecular weight is 267 g/mol. The lowest BCUT2D eigenvalue weighted by atomic mass is 10.1. The SMILES string of the molecule is Nc1n[nH]c(C(=O)NCCc2cc(F)cc(F)c2)n1. The number of hydrogen-bond acceptors (Lipinski definition) is 4. The molecule has 0 radical (unpaired) electrons. The first kappa shape index (κ1) is 12.9. The van der Waals surface area contributed by atoms with Gasteiger partial charge in [0.25, 0.3) is 5.91 Å². The number of aromatic amines is 1. The molecule has 6 nitrogen and oxygen atoms in total. The van der Waals surface area contributed by atoms with Gasteiger partial charge >= 0.3 is 0 Å². The molecule has 0 saturated carbocycles. The van der Waals surface area contributed by atoms with Gasteiger partial charge in [0.15, 0.2) is 0 Å². The monoisotopic (exact) mass is 267 g/mol. The summed E-state index contributed by atoms with van der Waals surface area (Å²) in [5.41, 5.74) is 5.71. The van der Waals surface area contributed by atoms with Crippen LogP contribution in [0.25, 0.3) is 0 Å². The van der Waals surface area contributed by atoms with Crippen molar-refractivity contribution in [2.24, 2.45) is 0 Å². The molecule has 0 unspecified atom stereocenters. The van der Waals surface area contributed by atoms with Gasteiger partial charge in [0.1, 0.15) is 11.6 Å². The van der Waals surface area contributed by atoms with Crippen molar-refractivity contribution in [2.75, 3.05) is 12.3 Å². The summed E-state index contributed by atoms with van der Waals surface area (Å²) in [6.07, 6.45) is 0.296. The third-order valence-corrected chi connectivity index (χ3v) is 2.34. The zero-order valence-electron chi connectivity index (χ0n) is 9.78. The highest BCUT2D eigenvalue weighted by Crippen LogP contribution is 2.08. The Labute approximate surface area is 107 Å². The van der Waals surface area contributed by atoms with Gasteiger partial charge in [-0.1, -0.05) is 0 Å². The minimum atomic E-state index is -0.649. The van der Waals surface area contributed by atoms with Crippen LogP contribution in [0.15, 0.2) is 18.2 Å². The number of hydrogen-bond donors (Lipinski definition) is 3. The molecular weight excluding hydrogens is 256 g/mol. The van der Waals surface area contributed by atoms with E-state index in [1.165, 1.54) is 12.1 Å². The molecule has 0 aliphatic carbocycles. The molecule has 1 aromatic heterocycles. The van der Waals surface area contributed by atoms with Gasteiger partial charge in [0.05, 0.1) is 0 Å². The summed E-state index contributed by atoms with van der Waals surface area (Å²) in [6.45, 7) is 0.211. The maximum atomic E-state index is 12.9. The van der Waals surface area contributed by atoms with E-state index in [1.807, 2.05) is 0 Å². The van der Waals surface area contributed by atoms with Crippen LogP contribution in [-0.2, 0) is 6.42 Å². The van der Waals surface area contributed by atoms with Crippen LogP contribution in [0.4, 0.5) is 14.7 Å². The summed E-state index contributed by atoms with van der Waals surface area (Å²) in [7, 11) is 0. The van der Waals surface area contributed by atoms with Gasteiger partial charge in [-0.25, -0.2) is 8.78 Å². The summed E-state index contributed by atoms with van der Waals surface area (Å²) in [4.78, 5) is 15.2. The number of aromatic nitrogens is 3. The van der Waals surface area contributed by atoms with Gasteiger partial charge in [-0.3, -0.25) is 9.89 Å². The number of nitrogens with one attached hydrogen (secondary N) is 2. The molecule has 4 N–H and O–H groups in total. The number of carbonyl (C=O) groups is 1. The second kappa shape index (κ2) is 5.42. The standard InChI is InChI=1S/C11H11F2N5O/c12-7-3-6(4-8(13)5-7)1-2-15-10(19)9-16-11(14)18-17-9/h3-5H,1-2H2,(H,15,19)(H3,14,16,17,18). The molecule has 2 aromatic rings. The van der Waals surface area contributed by atoms with E-state index in [9.17, 15) is 13.6 Å². The Kier molecular flexibility index (Phi) is 3.69. The fourth-order valence-corrected chi connectivity index (χ4v) is 1.54. The molecule has 0 atom stereocenters. The quantitative estimate of drug-likeness (QED) is 0.757. The van der Waals surface area contributed by atoms with Crippen LogP contribution in [-0.4, -0.2) is 27.6 Å². The highest BCUT2D eigenvalue weighted by atomic mass is 19.1. The van der Waals surface area contributed by atoms with E-state index in [4.69, 9.17) is 5.73 Å². The molecule has 1 amide bonds. The highest BCUT2D eigenvalue weighted by molar-refractivity contribution is 5.90. The van der Waals surface area contributed by atoms with E-state index in [2.05, 4.69) is 20.5 Å². The normalized spacial score (nSPS) is 10.4. The molecular formula is C11H11F2N5O. The maximum Gasteiger partial charge on any atom is 0.288 e. The fourth-order valence-electron chi connectivity index (χ4n) is 1.54. The number of nitrogens with zero attached hydrogens (tertiary/aromatic N) is 2. The van der Waals surface area contributed by atoms with Crippen molar-refractivity contribution >= 4 is 11.9 Å².